The van der Waals surface area contributed by atoms with Crippen molar-refractivity contribution in [2.24, 2.45) is 0 Å². The predicted molar refractivity (Wildman–Crippen MR) is 97.2 cm³/mol. The summed E-state index contributed by atoms with van der Waals surface area (Å²) >= 11 is 0. The molecule has 0 spiro atoms. The summed E-state index contributed by atoms with van der Waals surface area (Å²) in [5.41, 5.74) is 8.50. The number of anilines is 2. The third-order valence-electron chi connectivity index (χ3n) is 3.96. The lowest BCUT2D eigenvalue weighted by Gasteiger charge is -2.09. The molecule has 3 N–H and O–H groups in total. The number of nitrogens with two attached hydrogens (primary N) is 1. The maximum Gasteiger partial charge on any atom is 0.244 e. The number of aromatic nitrogens is 4. The van der Waals surface area contributed by atoms with Crippen LogP contribution in [0.2, 0.25) is 0 Å². The zero-order valence-corrected chi connectivity index (χ0v) is 14.0. The summed E-state index contributed by atoms with van der Waals surface area (Å²) < 4.78 is 6.36. The fourth-order valence-electron chi connectivity index (χ4n) is 2.78. The first-order chi connectivity index (χ1) is 13.2. The van der Waals surface area contributed by atoms with Crippen LogP contribution in [0.5, 0.6) is 0 Å². The molecule has 1 amide bonds. The van der Waals surface area contributed by atoms with E-state index in [0.29, 0.717) is 22.6 Å². The van der Waals surface area contributed by atoms with Crippen molar-refractivity contribution in [3.05, 3.63) is 54.1 Å². The van der Waals surface area contributed by atoms with E-state index in [1.54, 1.807) is 28.8 Å². The number of nitrogen functional groups attached to an aromatic ring is 1. The summed E-state index contributed by atoms with van der Waals surface area (Å²) in [4.78, 5) is 17.1. The molecule has 0 saturated carbocycles. The average Bonchev–Trinajstić information content (AvgIpc) is 3.25. The number of rotatable bonds is 4. The lowest BCUT2D eigenvalue weighted by Crippen LogP contribution is -2.19. The van der Waals surface area contributed by atoms with Gasteiger partial charge in [-0.1, -0.05) is 18.2 Å². The Kier molecular flexibility index (Phi) is 3.99. The number of carbonyl (C=O) groups excluding carboxylic acids is 1. The van der Waals surface area contributed by atoms with Crippen molar-refractivity contribution >= 4 is 28.4 Å². The number of hydrogen-bond acceptors (Lipinski definition) is 7. The van der Waals surface area contributed by atoms with Gasteiger partial charge in [0, 0.05) is 5.69 Å². The minimum absolute atomic E-state index is 0.0288. The Morgan fingerprint density at radius 3 is 2.85 bits per heavy atom. The lowest BCUT2D eigenvalue weighted by molar-refractivity contribution is -0.116. The number of nitrogens with one attached hydrogen (secondary N) is 1. The minimum Gasteiger partial charge on any atom is -0.379 e. The quantitative estimate of drug-likeness (QED) is 0.570. The molecule has 2 aromatic carbocycles. The molecule has 0 fully saturated rings. The van der Waals surface area contributed by atoms with Crippen LogP contribution in [-0.2, 0) is 11.3 Å². The Morgan fingerprint density at radius 2 is 2.07 bits per heavy atom. The molecule has 27 heavy (non-hydrogen) atoms. The molecule has 0 unspecified atom stereocenters. The van der Waals surface area contributed by atoms with Crippen molar-refractivity contribution < 1.29 is 9.42 Å². The maximum atomic E-state index is 12.6. The molecule has 9 nitrogen and oxygen atoms in total. The summed E-state index contributed by atoms with van der Waals surface area (Å²) in [5, 5.41) is 19.1. The third-order valence-corrected chi connectivity index (χ3v) is 3.96. The Balaban J connectivity index is 1.69. The summed E-state index contributed by atoms with van der Waals surface area (Å²) in [5.74, 6) is 0.189. The van der Waals surface area contributed by atoms with Crippen LogP contribution < -0.4 is 11.1 Å². The van der Waals surface area contributed by atoms with Crippen LogP contribution in [0.1, 0.15) is 5.56 Å². The highest BCUT2D eigenvalue weighted by Gasteiger charge is 2.20. The van der Waals surface area contributed by atoms with E-state index in [1.807, 2.05) is 30.3 Å². The van der Waals surface area contributed by atoms with E-state index < -0.39 is 0 Å². The van der Waals surface area contributed by atoms with Gasteiger partial charge in [-0.2, -0.15) is 5.26 Å². The molecule has 0 saturated heterocycles. The number of fused-ring (bicyclic) bond motifs is 1. The topological polar surface area (TPSA) is 136 Å². The Morgan fingerprint density at radius 1 is 1.22 bits per heavy atom. The van der Waals surface area contributed by atoms with Gasteiger partial charge in [-0.25, -0.2) is 9.61 Å². The van der Waals surface area contributed by atoms with E-state index in [0.717, 1.165) is 5.52 Å². The van der Waals surface area contributed by atoms with Gasteiger partial charge in [-0.3, -0.25) is 4.79 Å². The van der Waals surface area contributed by atoms with Crippen LogP contribution in [0, 0.1) is 11.3 Å². The highest BCUT2D eigenvalue weighted by molar-refractivity contribution is 5.93. The number of nitrogens with zero attached hydrogens (tertiary/aromatic N) is 5. The summed E-state index contributed by atoms with van der Waals surface area (Å²) in [7, 11) is 0. The zero-order valence-electron chi connectivity index (χ0n) is 14.0. The molecular weight excluding hydrogens is 346 g/mol. The van der Waals surface area contributed by atoms with Crippen LogP contribution in [0.3, 0.4) is 0 Å². The largest absolute Gasteiger partial charge is 0.379 e. The molecule has 0 aliphatic heterocycles. The first-order valence-electron chi connectivity index (χ1n) is 7.99. The first kappa shape index (κ1) is 16.3. The SMILES string of the molecule is N#Cc1cccc(NC(=O)Cn2c(-c3nonc3N)nc3ccccc32)c1. The van der Waals surface area contributed by atoms with E-state index >= 15 is 0 Å². The van der Waals surface area contributed by atoms with Gasteiger partial charge in [0.25, 0.3) is 0 Å². The fraction of sp³-hybridized carbons (Fsp3) is 0.0556. The van der Waals surface area contributed by atoms with Crippen LogP contribution >= 0.6 is 0 Å². The highest BCUT2D eigenvalue weighted by Crippen LogP contribution is 2.26. The van der Waals surface area contributed by atoms with Gasteiger partial charge in [0.15, 0.2) is 17.3 Å². The Bertz CT molecular complexity index is 1190. The molecule has 0 bridgehead atoms. The second kappa shape index (κ2) is 6.61. The second-order valence-electron chi connectivity index (χ2n) is 5.75. The molecule has 4 rings (SSSR count). The van der Waals surface area contributed by atoms with Crippen molar-refractivity contribution in [3.63, 3.8) is 0 Å². The van der Waals surface area contributed by atoms with Gasteiger partial charge in [0.2, 0.25) is 5.91 Å². The van der Waals surface area contributed by atoms with Crippen molar-refractivity contribution in [1.29, 1.82) is 5.26 Å². The number of benzene rings is 2. The van der Waals surface area contributed by atoms with Crippen LogP contribution in [-0.4, -0.2) is 25.8 Å². The maximum absolute atomic E-state index is 12.6. The Labute approximate surface area is 153 Å². The molecule has 0 atom stereocenters. The molecular formula is C18H13N7O2. The number of imidazole rings is 1. The second-order valence-corrected chi connectivity index (χ2v) is 5.75. The average molecular weight is 359 g/mol. The number of hydrogen-bond donors (Lipinski definition) is 2. The molecule has 2 aromatic heterocycles. The number of amides is 1. The van der Waals surface area contributed by atoms with E-state index in [4.69, 9.17) is 11.0 Å². The summed E-state index contributed by atoms with van der Waals surface area (Å²) in [6.45, 7) is -0.0288. The van der Waals surface area contributed by atoms with Crippen LogP contribution in [0.15, 0.2) is 53.2 Å². The fourth-order valence-corrected chi connectivity index (χ4v) is 2.78. The number of para-hydroxylation sites is 2. The monoisotopic (exact) mass is 359 g/mol. The van der Waals surface area contributed by atoms with E-state index in [1.165, 1.54) is 0 Å². The standard InChI is InChI=1S/C18H13N7O2/c19-9-11-4-3-5-12(8-11)21-15(26)10-25-14-7-2-1-6-13(14)22-18(25)16-17(20)24-27-23-16/h1-8H,10H2,(H2,20,24)(H,21,26). The first-order valence-corrected chi connectivity index (χ1v) is 7.99. The minimum atomic E-state index is -0.287. The van der Waals surface area contributed by atoms with Crippen molar-refractivity contribution in [2.45, 2.75) is 6.54 Å². The van der Waals surface area contributed by atoms with Crippen molar-refractivity contribution in [1.82, 2.24) is 19.9 Å². The molecule has 9 heteroatoms. The summed E-state index contributed by atoms with van der Waals surface area (Å²) in [6.07, 6.45) is 0. The van der Waals surface area contributed by atoms with Crippen molar-refractivity contribution in [3.8, 4) is 17.6 Å². The van der Waals surface area contributed by atoms with Crippen LogP contribution in [0.4, 0.5) is 11.5 Å². The Hall–Kier alpha value is -4.19. The predicted octanol–water partition coefficient (Wildman–Crippen LogP) is 2.18. The van der Waals surface area contributed by atoms with E-state index in [-0.39, 0.29) is 24.0 Å². The molecule has 0 radical (unpaired) electrons. The van der Waals surface area contributed by atoms with Gasteiger partial charge in [0.05, 0.1) is 22.7 Å². The van der Waals surface area contributed by atoms with Gasteiger partial charge in [-0.15, -0.1) is 0 Å². The number of nitriles is 1. The van der Waals surface area contributed by atoms with Gasteiger partial charge < -0.3 is 15.6 Å². The summed E-state index contributed by atoms with van der Waals surface area (Å²) in [6, 6.07) is 16.1. The van der Waals surface area contributed by atoms with Gasteiger partial charge in [-0.05, 0) is 40.6 Å². The van der Waals surface area contributed by atoms with Crippen molar-refractivity contribution in [2.75, 3.05) is 11.1 Å². The third kappa shape index (κ3) is 3.07. The molecule has 0 aliphatic rings. The molecule has 0 aliphatic carbocycles. The molecule has 4 aromatic rings. The number of carbonyl (C=O) groups is 1. The highest BCUT2D eigenvalue weighted by atomic mass is 16.6. The molecule has 132 valence electrons. The van der Waals surface area contributed by atoms with Crippen LogP contribution in [0.25, 0.3) is 22.6 Å². The molecule has 2 heterocycles. The normalized spacial score (nSPS) is 10.6. The lowest BCUT2D eigenvalue weighted by atomic mass is 10.2. The van der Waals surface area contributed by atoms with Gasteiger partial charge in [0.1, 0.15) is 6.54 Å². The van der Waals surface area contributed by atoms with E-state index in [9.17, 15) is 4.79 Å². The zero-order chi connectivity index (χ0) is 18.8. The van der Waals surface area contributed by atoms with Gasteiger partial charge >= 0.3 is 0 Å². The smallest absolute Gasteiger partial charge is 0.244 e. The van der Waals surface area contributed by atoms with E-state index in [2.05, 4.69) is 25.2 Å².